The highest BCUT2D eigenvalue weighted by molar-refractivity contribution is 7.10. The van der Waals surface area contributed by atoms with Gasteiger partial charge in [0.05, 0.1) is 0 Å². The van der Waals surface area contributed by atoms with Crippen LogP contribution in [0.1, 0.15) is 49.0 Å². The molecule has 7 heteroatoms. The van der Waals surface area contributed by atoms with E-state index >= 15 is 0 Å². The largest absolute Gasteiger partial charge is 0.341 e. The Hall–Kier alpha value is -1.89. The summed E-state index contributed by atoms with van der Waals surface area (Å²) in [6.45, 7) is 1.30. The number of carbonyl (C=O) groups is 3. The van der Waals surface area contributed by atoms with E-state index in [0.717, 1.165) is 62.1 Å². The van der Waals surface area contributed by atoms with E-state index in [1.165, 1.54) is 4.88 Å². The Morgan fingerprint density at radius 2 is 1.92 bits per heavy atom. The molecule has 3 aliphatic rings. The highest BCUT2D eigenvalue weighted by Gasteiger charge is 2.54. The molecule has 0 radical (unpaired) electrons. The van der Waals surface area contributed by atoms with Crippen LogP contribution >= 0.6 is 11.3 Å². The molecule has 0 bridgehead atoms. The number of likely N-dealkylation sites (tertiary alicyclic amines) is 1. The minimum absolute atomic E-state index is 0.121. The van der Waals surface area contributed by atoms with Crippen LogP contribution in [-0.4, -0.2) is 47.3 Å². The molecular weight excluding hydrogens is 338 g/mol. The summed E-state index contributed by atoms with van der Waals surface area (Å²) < 4.78 is 0. The van der Waals surface area contributed by atoms with Gasteiger partial charge in [0, 0.05) is 23.5 Å². The normalized spacial score (nSPS) is 26.6. The lowest BCUT2D eigenvalue weighted by atomic mass is 9.80. The summed E-state index contributed by atoms with van der Waals surface area (Å²) in [6, 6.07) is 1.50. The summed E-state index contributed by atoms with van der Waals surface area (Å²) in [4.78, 5) is 42.3. The number of aryl methyl sites for hydroxylation is 1. The maximum Gasteiger partial charge on any atom is 0.325 e. The van der Waals surface area contributed by atoms with Crippen LogP contribution in [0.4, 0.5) is 4.79 Å². The van der Waals surface area contributed by atoms with Crippen LogP contribution in [-0.2, 0) is 21.5 Å². The zero-order valence-corrected chi connectivity index (χ0v) is 15.1. The Bertz CT molecular complexity index is 708. The molecule has 1 aromatic rings. The van der Waals surface area contributed by atoms with Gasteiger partial charge in [-0.3, -0.25) is 14.5 Å². The van der Waals surface area contributed by atoms with E-state index < -0.39 is 11.6 Å². The second-order valence-corrected chi connectivity index (χ2v) is 8.13. The van der Waals surface area contributed by atoms with Gasteiger partial charge >= 0.3 is 6.03 Å². The fourth-order valence-corrected chi connectivity index (χ4v) is 5.24. The average Bonchev–Trinajstić information content (AvgIpc) is 3.04. The predicted octanol–water partition coefficient (Wildman–Crippen LogP) is 2.23. The van der Waals surface area contributed by atoms with Gasteiger partial charge in [0.1, 0.15) is 12.1 Å². The molecule has 134 valence electrons. The van der Waals surface area contributed by atoms with Gasteiger partial charge in [0.15, 0.2) is 0 Å². The first-order valence-electron chi connectivity index (χ1n) is 9.10. The van der Waals surface area contributed by atoms with Gasteiger partial charge in [0.2, 0.25) is 5.91 Å². The first kappa shape index (κ1) is 16.6. The molecule has 6 nitrogen and oxygen atoms in total. The van der Waals surface area contributed by atoms with Gasteiger partial charge in [-0.15, -0.1) is 11.3 Å². The lowest BCUT2D eigenvalue weighted by Gasteiger charge is -2.31. The molecule has 1 spiro atoms. The number of nitrogens with one attached hydrogen (secondary N) is 1. The van der Waals surface area contributed by atoms with Gasteiger partial charge in [-0.05, 0) is 43.6 Å². The van der Waals surface area contributed by atoms with Crippen molar-refractivity contribution in [2.45, 2.75) is 50.5 Å². The molecule has 4 rings (SSSR count). The molecule has 2 fully saturated rings. The van der Waals surface area contributed by atoms with E-state index in [4.69, 9.17) is 0 Å². The Balaban J connectivity index is 1.54. The lowest BCUT2D eigenvalue weighted by Crippen LogP contribution is -2.47. The Kier molecular flexibility index (Phi) is 4.27. The molecule has 0 aromatic carbocycles. The number of rotatable bonds is 2. The third-order valence-electron chi connectivity index (χ3n) is 5.59. The van der Waals surface area contributed by atoms with Gasteiger partial charge < -0.3 is 10.2 Å². The number of hydrogen-bond acceptors (Lipinski definition) is 4. The highest BCUT2D eigenvalue weighted by atomic mass is 32.1. The van der Waals surface area contributed by atoms with Gasteiger partial charge in [-0.25, -0.2) is 4.79 Å². The summed E-state index contributed by atoms with van der Waals surface area (Å²) in [5.41, 5.74) is -0.0316. The molecule has 3 heterocycles. The van der Waals surface area contributed by atoms with Crippen LogP contribution in [0.5, 0.6) is 0 Å². The minimum Gasteiger partial charge on any atom is -0.341 e. The van der Waals surface area contributed by atoms with Crippen LogP contribution in [0, 0.1) is 0 Å². The molecule has 1 aliphatic carbocycles. The zero-order valence-electron chi connectivity index (χ0n) is 14.3. The van der Waals surface area contributed by atoms with Crippen molar-refractivity contribution >= 4 is 29.2 Å². The van der Waals surface area contributed by atoms with Crippen LogP contribution in [0.25, 0.3) is 0 Å². The summed E-state index contributed by atoms with van der Waals surface area (Å²) in [6.07, 6.45) is 6.68. The van der Waals surface area contributed by atoms with Crippen molar-refractivity contribution in [1.29, 1.82) is 0 Å². The maximum absolute atomic E-state index is 13.1. The third-order valence-corrected chi connectivity index (χ3v) is 6.57. The van der Waals surface area contributed by atoms with Crippen molar-refractivity contribution in [3.05, 3.63) is 21.9 Å². The fourth-order valence-electron chi connectivity index (χ4n) is 4.24. The minimum atomic E-state index is -0.955. The van der Waals surface area contributed by atoms with E-state index in [1.807, 2.05) is 11.4 Å². The molecule has 2 saturated heterocycles. The number of thiophene rings is 1. The number of urea groups is 1. The van der Waals surface area contributed by atoms with Crippen molar-refractivity contribution in [1.82, 2.24) is 15.1 Å². The fraction of sp³-hybridized carbons (Fsp3) is 0.611. The van der Waals surface area contributed by atoms with E-state index in [-0.39, 0.29) is 18.4 Å². The van der Waals surface area contributed by atoms with Crippen molar-refractivity contribution in [3.63, 3.8) is 0 Å². The molecule has 0 saturated carbocycles. The zero-order chi connectivity index (χ0) is 17.4. The molecule has 1 aromatic heterocycles. The third kappa shape index (κ3) is 2.74. The molecule has 25 heavy (non-hydrogen) atoms. The maximum atomic E-state index is 13.1. The van der Waals surface area contributed by atoms with Crippen molar-refractivity contribution < 1.29 is 14.4 Å². The monoisotopic (exact) mass is 361 g/mol. The number of amides is 4. The van der Waals surface area contributed by atoms with E-state index in [0.29, 0.717) is 6.42 Å². The van der Waals surface area contributed by atoms with Crippen LogP contribution in [0.3, 0.4) is 0 Å². The van der Waals surface area contributed by atoms with Crippen LogP contribution < -0.4 is 5.32 Å². The Morgan fingerprint density at radius 1 is 1.16 bits per heavy atom. The first-order valence-corrected chi connectivity index (χ1v) is 9.98. The standard InChI is InChI=1S/C18H23N3O3S/c22-15(20-9-3-1-2-4-10-20)12-21-16(23)18(19-17(21)24)8-5-6-14-13(18)7-11-25-14/h7,11H,1-6,8-10,12H2,(H,19,24)/t18-/m1/s1. The van der Waals surface area contributed by atoms with E-state index in [1.54, 1.807) is 16.2 Å². The van der Waals surface area contributed by atoms with Crippen molar-refractivity contribution in [3.8, 4) is 0 Å². The average molecular weight is 361 g/mol. The van der Waals surface area contributed by atoms with E-state index in [2.05, 4.69) is 5.32 Å². The second kappa shape index (κ2) is 6.44. The summed E-state index contributed by atoms with van der Waals surface area (Å²) in [5, 5.41) is 4.88. The Morgan fingerprint density at radius 3 is 2.68 bits per heavy atom. The number of carbonyl (C=O) groups excluding carboxylic acids is 3. The summed E-state index contributed by atoms with van der Waals surface area (Å²) >= 11 is 1.63. The summed E-state index contributed by atoms with van der Waals surface area (Å²) in [5.74, 6) is -0.385. The lowest BCUT2D eigenvalue weighted by molar-refractivity contribution is -0.139. The topological polar surface area (TPSA) is 69.7 Å². The van der Waals surface area contributed by atoms with Gasteiger partial charge in [-0.1, -0.05) is 12.8 Å². The molecule has 0 unspecified atom stereocenters. The first-order chi connectivity index (χ1) is 12.1. The van der Waals surface area contributed by atoms with Gasteiger partial charge in [-0.2, -0.15) is 0 Å². The summed E-state index contributed by atoms with van der Waals surface area (Å²) in [7, 11) is 0. The highest BCUT2D eigenvalue weighted by Crippen LogP contribution is 2.42. The van der Waals surface area contributed by atoms with Crippen molar-refractivity contribution in [2.75, 3.05) is 19.6 Å². The second-order valence-electron chi connectivity index (χ2n) is 7.13. The number of hydrogen-bond donors (Lipinski definition) is 1. The molecule has 1 N–H and O–H groups in total. The van der Waals surface area contributed by atoms with Gasteiger partial charge in [0.25, 0.3) is 5.91 Å². The van der Waals surface area contributed by atoms with Crippen LogP contribution in [0.15, 0.2) is 11.4 Å². The number of imide groups is 1. The predicted molar refractivity (Wildman–Crippen MR) is 94.2 cm³/mol. The smallest absolute Gasteiger partial charge is 0.325 e. The number of fused-ring (bicyclic) bond motifs is 2. The molecule has 1 atom stereocenters. The van der Waals surface area contributed by atoms with Crippen LogP contribution in [0.2, 0.25) is 0 Å². The Labute approximate surface area is 151 Å². The number of nitrogens with zero attached hydrogens (tertiary/aromatic N) is 2. The molecular formula is C18H23N3O3S. The quantitative estimate of drug-likeness (QED) is 0.822. The van der Waals surface area contributed by atoms with Crippen molar-refractivity contribution in [2.24, 2.45) is 0 Å². The van der Waals surface area contributed by atoms with E-state index in [9.17, 15) is 14.4 Å². The molecule has 4 amide bonds. The molecule has 2 aliphatic heterocycles. The SMILES string of the molecule is O=C(CN1C(=O)N[C@@]2(CCCc3sccc32)C1=O)N1CCCCCC1.